The fourth-order valence-electron chi connectivity index (χ4n) is 0.966. The van der Waals surface area contributed by atoms with Gasteiger partial charge in [0, 0.05) is 0 Å². The average molecular weight is 158 g/mol. The van der Waals surface area contributed by atoms with E-state index in [0.29, 0.717) is 11.3 Å². The van der Waals surface area contributed by atoms with Crippen molar-refractivity contribution in [2.24, 2.45) is 22.8 Å². The molecule has 4 N–H and O–H groups in total. The van der Waals surface area contributed by atoms with Gasteiger partial charge in [-0.1, -0.05) is 27.7 Å². The number of nitrogens with two attached hydrogens (primary N) is 2. The lowest BCUT2D eigenvalue weighted by atomic mass is 9.77. The molecular formula is C9H22N2. The third-order valence-corrected chi connectivity index (χ3v) is 2.22. The van der Waals surface area contributed by atoms with Gasteiger partial charge in [0.25, 0.3) is 0 Å². The molecule has 0 saturated carbocycles. The third kappa shape index (κ3) is 5.22. The minimum atomic E-state index is -0.521. The molecule has 68 valence electrons. The van der Waals surface area contributed by atoms with E-state index >= 15 is 0 Å². The number of hydrogen-bond acceptors (Lipinski definition) is 2. The first-order valence-corrected chi connectivity index (χ1v) is 4.21. The highest BCUT2D eigenvalue weighted by molar-refractivity contribution is 4.79. The molecule has 0 fully saturated rings. The van der Waals surface area contributed by atoms with Crippen LogP contribution in [0.2, 0.25) is 0 Å². The van der Waals surface area contributed by atoms with Crippen LogP contribution in [0.1, 0.15) is 41.0 Å². The summed E-state index contributed by atoms with van der Waals surface area (Å²) >= 11 is 0. The van der Waals surface area contributed by atoms with E-state index in [1.807, 2.05) is 6.92 Å². The smallest absolute Gasteiger partial charge is 0.0610 e. The van der Waals surface area contributed by atoms with Gasteiger partial charge < -0.3 is 11.5 Å². The van der Waals surface area contributed by atoms with E-state index in [1.54, 1.807) is 0 Å². The molecule has 0 rings (SSSR count). The molecule has 0 aromatic heterocycles. The zero-order valence-corrected chi connectivity index (χ0v) is 8.44. The highest BCUT2D eigenvalue weighted by Gasteiger charge is 2.25. The fraction of sp³-hybridized carbons (Fsp3) is 1.00. The van der Waals surface area contributed by atoms with Crippen molar-refractivity contribution >= 4 is 0 Å². The topological polar surface area (TPSA) is 52.0 Å². The van der Waals surface area contributed by atoms with Crippen LogP contribution < -0.4 is 11.5 Å². The molecule has 1 unspecified atom stereocenters. The lowest BCUT2D eigenvalue weighted by Gasteiger charge is -2.32. The summed E-state index contributed by atoms with van der Waals surface area (Å²) in [6.07, 6.45) is 0.872. The molecule has 0 aliphatic rings. The van der Waals surface area contributed by atoms with E-state index in [1.165, 1.54) is 0 Å². The van der Waals surface area contributed by atoms with Crippen LogP contribution in [0.15, 0.2) is 0 Å². The van der Waals surface area contributed by atoms with Crippen LogP contribution in [0.4, 0.5) is 0 Å². The Morgan fingerprint density at radius 3 is 1.55 bits per heavy atom. The van der Waals surface area contributed by atoms with Crippen molar-refractivity contribution in [3.8, 4) is 0 Å². The van der Waals surface area contributed by atoms with E-state index in [9.17, 15) is 0 Å². The summed E-state index contributed by atoms with van der Waals surface area (Å²) in [5.74, 6) is 0.558. The highest BCUT2D eigenvalue weighted by atomic mass is 14.9. The van der Waals surface area contributed by atoms with Crippen LogP contribution in [0.5, 0.6) is 0 Å². The minimum absolute atomic E-state index is 0.306. The molecule has 0 bridgehead atoms. The van der Waals surface area contributed by atoms with E-state index < -0.39 is 5.66 Å². The van der Waals surface area contributed by atoms with Crippen molar-refractivity contribution in [1.29, 1.82) is 0 Å². The Hall–Kier alpha value is -0.0800. The summed E-state index contributed by atoms with van der Waals surface area (Å²) in [6.45, 7) is 10.7. The second kappa shape index (κ2) is 3.11. The molecule has 0 aromatic rings. The maximum absolute atomic E-state index is 5.71. The molecule has 0 saturated heterocycles. The Morgan fingerprint density at radius 2 is 1.45 bits per heavy atom. The molecule has 2 nitrogen and oxygen atoms in total. The predicted octanol–water partition coefficient (Wildman–Crippen LogP) is 1.69. The molecule has 0 aliphatic carbocycles. The van der Waals surface area contributed by atoms with Crippen LogP contribution >= 0.6 is 0 Å². The van der Waals surface area contributed by atoms with Crippen molar-refractivity contribution in [3.05, 3.63) is 0 Å². The Morgan fingerprint density at radius 1 is 1.09 bits per heavy atom. The maximum atomic E-state index is 5.71. The third-order valence-electron chi connectivity index (χ3n) is 2.22. The van der Waals surface area contributed by atoms with E-state index in [4.69, 9.17) is 11.5 Å². The Balaban J connectivity index is 3.99. The van der Waals surface area contributed by atoms with E-state index in [-0.39, 0.29) is 0 Å². The zero-order chi connectivity index (χ0) is 9.28. The summed E-state index contributed by atoms with van der Waals surface area (Å²) < 4.78 is 0. The van der Waals surface area contributed by atoms with Crippen LogP contribution in [-0.4, -0.2) is 5.66 Å². The average Bonchev–Trinajstić information content (AvgIpc) is 1.56. The van der Waals surface area contributed by atoms with Crippen LogP contribution in [-0.2, 0) is 0 Å². The standard InChI is InChI=1S/C9H22N2/c1-7(8(2,3)4)6-9(5,10)11/h7H,6,10-11H2,1-5H3. The summed E-state index contributed by atoms with van der Waals surface area (Å²) in [6, 6.07) is 0. The van der Waals surface area contributed by atoms with Crippen molar-refractivity contribution in [3.63, 3.8) is 0 Å². The van der Waals surface area contributed by atoms with Gasteiger partial charge in [-0.2, -0.15) is 0 Å². The summed E-state index contributed by atoms with van der Waals surface area (Å²) in [7, 11) is 0. The molecule has 11 heavy (non-hydrogen) atoms. The zero-order valence-electron chi connectivity index (χ0n) is 8.44. The van der Waals surface area contributed by atoms with E-state index in [2.05, 4.69) is 27.7 Å². The fourth-order valence-corrected chi connectivity index (χ4v) is 0.966. The van der Waals surface area contributed by atoms with Gasteiger partial charge in [0.15, 0.2) is 0 Å². The van der Waals surface area contributed by atoms with Crippen molar-refractivity contribution in [2.45, 2.75) is 46.7 Å². The first-order valence-electron chi connectivity index (χ1n) is 4.21. The summed E-state index contributed by atoms with van der Waals surface area (Å²) in [5.41, 5.74) is 11.2. The molecule has 0 aliphatic heterocycles. The van der Waals surface area contributed by atoms with Gasteiger partial charge in [-0.15, -0.1) is 0 Å². The second-order valence-electron chi connectivity index (χ2n) is 4.98. The normalized spacial score (nSPS) is 16.6. The van der Waals surface area contributed by atoms with Crippen molar-refractivity contribution < 1.29 is 0 Å². The monoisotopic (exact) mass is 158 g/mol. The van der Waals surface area contributed by atoms with Gasteiger partial charge >= 0.3 is 0 Å². The van der Waals surface area contributed by atoms with Gasteiger partial charge in [0.05, 0.1) is 5.66 Å². The minimum Gasteiger partial charge on any atom is -0.314 e. The highest BCUT2D eigenvalue weighted by Crippen LogP contribution is 2.29. The van der Waals surface area contributed by atoms with Crippen molar-refractivity contribution in [2.75, 3.05) is 0 Å². The van der Waals surface area contributed by atoms with Gasteiger partial charge in [0.2, 0.25) is 0 Å². The maximum Gasteiger partial charge on any atom is 0.0610 e. The first-order chi connectivity index (χ1) is 4.63. The van der Waals surface area contributed by atoms with Crippen LogP contribution in [0.25, 0.3) is 0 Å². The Kier molecular flexibility index (Phi) is 3.09. The largest absolute Gasteiger partial charge is 0.314 e. The molecule has 2 heteroatoms. The molecule has 0 amide bonds. The number of hydrogen-bond donors (Lipinski definition) is 2. The van der Waals surface area contributed by atoms with Crippen molar-refractivity contribution in [1.82, 2.24) is 0 Å². The lowest BCUT2D eigenvalue weighted by molar-refractivity contribution is 0.205. The summed E-state index contributed by atoms with van der Waals surface area (Å²) in [4.78, 5) is 0. The van der Waals surface area contributed by atoms with Gasteiger partial charge in [-0.3, -0.25) is 0 Å². The molecule has 0 spiro atoms. The number of rotatable bonds is 2. The van der Waals surface area contributed by atoms with Gasteiger partial charge in [-0.05, 0) is 24.7 Å². The molecule has 0 radical (unpaired) electrons. The molecule has 0 heterocycles. The van der Waals surface area contributed by atoms with Crippen LogP contribution in [0, 0.1) is 11.3 Å². The predicted molar refractivity (Wildman–Crippen MR) is 50.0 cm³/mol. The molecular weight excluding hydrogens is 136 g/mol. The molecule has 0 aromatic carbocycles. The van der Waals surface area contributed by atoms with Gasteiger partial charge in [-0.25, -0.2) is 0 Å². The SMILES string of the molecule is CC(CC(C)(N)N)C(C)(C)C. The Bertz CT molecular complexity index is 117. The summed E-state index contributed by atoms with van der Waals surface area (Å²) in [5, 5.41) is 0. The first kappa shape index (κ1) is 10.9. The lowest BCUT2D eigenvalue weighted by Crippen LogP contribution is -2.48. The van der Waals surface area contributed by atoms with Crippen LogP contribution in [0.3, 0.4) is 0 Å². The Labute approximate surface area is 70.3 Å². The van der Waals surface area contributed by atoms with E-state index in [0.717, 1.165) is 6.42 Å². The molecule has 1 atom stereocenters. The second-order valence-corrected chi connectivity index (χ2v) is 4.98. The quantitative estimate of drug-likeness (QED) is 0.601. The van der Waals surface area contributed by atoms with Gasteiger partial charge in [0.1, 0.15) is 0 Å².